The highest BCUT2D eigenvalue weighted by Gasteiger charge is 2.18. The molecule has 0 saturated carbocycles. The first-order chi connectivity index (χ1) is 12.5. The third kappa shape index (κ3) is 4.73. The number of carbonyl (C=O) groups excluding carboxylic acids is 2. The SMILES string of the molecule is CCOc1ccccc1N(CCNC(=O)c1c(F)cccc1Cl)C(C)=O. The molecular weight excluding hydrogens is 359 g/mol. The van der Waals surface area contributed by atoms with Crippen molar-refractivity contribution in [3.8, 4) is 5.75 Å². The Kier molecular flexibility index (Phi) is 6.97. The molecule has 0 heterocycles. The fourth-order valence-corrected chi connectivity index (χ4v) is 2.74. The zero-order valence-corrected chi connectivity index (χ0v) is 15.3. The van der Waals surface area contributed by atoms with Gasteiger partial charge >= 0.3 is 0 Å². The molecule has 0 fully saturated rings. The number of hydrogen-bond donors (Lipinski definition) is 1. The zero-order valence-electron chi connectivity index (χ0n) is 14.6. The van der Waals surface area contributed by atoms with Crippen molar-refractivity contribution in [3.05, 3.63) is 58.9 Å². The number of nitrogens with one attached hydrogen (secondary N) is 1. The van der Waals surface area contributed by atoms with E-state index >= 15 is 0 Å². The molecule has 2 aromatic carbocycles. The van der Waals surface area contributed by atoms with Crippen molar-refractivity contribution in [2.45, 2.75) is 13.8 Å². The number of para-hydroxylation sites is 2. The van der Waals surface area contributed by atoms with Gasteiger partial charge in [-0.3, -0.25) is 9.59 Å². The Balaban J connectivity index is 2.08. The van der Waals surface area contributed by atoms with E-state index in [0.29, 0.717) is 18.0 Å². The molecule has 7 heteroatoms. The number of nitrogens with zero attached hydrogens (tertiary/aromatic N) is 1. The Bertz CT molecular complexity index is 778. The second-order valence-corrected chi connectivity index (χ2v) is 5.83. The molecule has 2 rings (SSSR count). The van der Waals surface area contributed by atoms with Gasteiger partial charge in [-0.25, -0.2) is 4.39 Å². The molecule has 2 amide bonds. The van der Waals surface area contributed by atoms with Crippen molar-refractivity contribution in [2.24, 2.45) is 0 Å². The summed E-state index contributed by atoms with van der Waals surface area (Å²) in [6, 6.07) is 11.2. The van der Waals surface area contributed by atoms with Gasteiger partial charge in [0.1, 0.15) is 11.6 Å². The van der Waals surface area contributed by atoms with Gasteiger partial charge in [0.05, 0.1) is 22.9 Å². The molecule has 0 aliphatic carbocycles. The van der Waals surface area contributed by atoms with Crippen LogP contribution in [0.3, 0.4) is 0 Å². The molecular formula is C19H20ClFN2O3. The summed E-state index contributed by atoms with van der Waals surface area (Å²) in [5.74, 6) is -0.946. The minimum atomic E-state index is -0.694. The molecule has 138 valence electrons. The van der Waals surface area contributed by atoms with Gasteiger partial charge in [-0.05, 0) is 31.2 Å². The Morgan fingerprint density at radius 3 is 2.58 bits per heavy atom. The lowest BCUT2D eigenvalue weighted by molar-refractivity contribution is -0.116. The van der Waals surface area contributed by atoms with E-state index in [2.05, 4.69) is 5.32 Å². The van der Waals surface area contributed by atoms with E-state index in [1.807, 2.05) is 13.0 Å². The maximum absolute atomic E-state index is 13.8. The number of hydrogen-bond acceptors (Lipinski definition) is 3. The molecule has 0 unspecified atom stereocenters. The van der Waals surface area contributed by atoms with Crippen LogP contribution in [0.15, 0.2) is 42.5 Å². The lowest BCUT2D eigenvalue weighted by Crippen LogP contribution is -2.38. The summed E-state index contributed by atoms with van der Waals surface area (Å²) in [6.07, 6.45) is 0. The van der Waals surface area contributed by atoms with Gasteiger partial charge in [0.25, 0.3) is 5.91 Å². The van der Waals surface area contributed by atoms with E-state index < -0.39 is 11.7 Å². The zero-order chi connectivity index (χ0) is 19.1. The average molecular weight is 379 g/mol. The maximum atomic E-state index is 13.8. The summed E-state index contributed by atoms with van der Waals surface area (Å²) in [5, 5.41) is 2.62. The number of carbonyl (C=O) groups is 2. The van der Waals surface area contributed by atoms with Crippen LogP contribution in [0.2, 0.25) is 5.02 Å². The van der Waals surface area contributed by atoms with Gasteiger partial charge in [-0.15, -0.1) is 0 Å². The van der Waals surface area contributed by atoms with Crippen LogP contribution >= 0.6 is 11.6 Å². The number of rotatable bonds is 7. The van der Waals surface area contributed by atoms with Crippen LogP contribution in [-0.4, -0.2) is 31.5 Å². The molecule has 0 atom stereocenters. The third-order valence-electron chi connectivity index (χ3n) is 3.65. The van der Waals surface area contributed by atoms with E-state index in [9.17, 15) is 14.0 Å². The molecule has 1 N–H and O–H groups in total. The van der Waals surface area contributed by atoms with Crippen LogP contribution in [0.25, 0.3) is 0 Å². The Hall–Kier alpha value is -2.60. The fourth-order valence-electron chi connectivity index (χ4n) is 2.49. The second kappa shape index (κ2) is 9.20. The highest BCUT2D eigenvalue weighted by atomic mass is 35.5. The highest BCUT2D eigenvalue weighted by molar-refractivity contribution is 6.33. The number of benzene rings is 2. The van der Waals surface area contributed by atoms with Crippen molar-refractivity contribution in [1.82, 2.24) is 5.32 Å². The number of halogens is 2. The van der Waals surface area contributed by atoms with Gasteiger partial charge < -0.3 is 15.0 Å². The Labute approximate surface area is 156 Å². The first-order valence-electron chi connectivity index (χ1n) is 8.17. The third-order valence-corrected chi connectivity index (χ3v) is 3.96. The highest BCUT2D eigenvalue weighted by Crippen LogP contribution is 2.28. The van der Waals surface area contributed by atoms with Crippen LogP contribution in [0, 0.1) is 5.82 Å². The summed E-state index contributed by atoms with van der Waals surface area (Å²) in [4.78, 5) is 25.7. The Morgan fingerprint density at radius 1 is 1.19 bits per heavy atom. The predicted octanol–water partition coefficient (Wildman–Crippen LogP) is 3.66. The van der Waals surface area contributed by atoms with Crippen molar-refractivity contribution < 1.29 is 18.7 Å². The lowest BCUT2D eigenvalue weighted by Gasteiger charge is -2.23. The molecule has 0 aliphatic rings. The smallest absolute Gasteiger partial charge is 0.255 e. The first-order valence-corrected chi connectivity index (χ1v) is 8.55. The van der Waals surface area contributed by atoms with Crippen LogP contribution in [0.4, 0.5) is 10.1 Å². The summed E-state index contributed by atoms with van der Waals surface area (Å²) < 4.78 is 19.3. The minimum Gasteiger partial charge on any atom is -0.492 e. The van der Waals surface area contributed by atoms with Crippen LogP contribution in [-0.2, 0) is 4.79 Å². The van der Waals surface area contributed by atoms with Crippen molar-refractivity contribution >= 4 is 29.1 Å². The topological polar surface area (TPSA) is 58.6 Å². The summed E-state index contributed by atoms with van der Waals surface area (Å²) in [7, 11) is 0. The number of amides is 2. The van der Waals surface area contributed by atoms with Crippen LogP contribution in [0.1, 0.15) is 24.2 Å². The predicted molar refractivity (Wildman–Crippen MR) is 99.4 cm³/mol. The van der Waals surface area contributed by atoms with E-state index in [-0.39, 0.29) is 29.6 Å². The van der Waals surface area contributed by atoms with E-state index in [1.54, 1.807) is 18.2 Å². The first kappa shape index (κ1) is 19.7. The minimum absolute atomic E-state index is 0.0348. The Morgan fingerprint density at radius 2 is 1.92 bits per heavy atom. The normalized spacial score (nSPS) is 10.3. The summed E-state index contributed by atoms with van der Waals surface area (Å²) >= 11 is 5.89. The summed E-state index contributed by atoms with van der Waals surface area (Å²) in [5.41, 5.74) is 0.401. The van der Waals surface area contributed by atoms with Gasteiger partial charge in [-0.1, -0.05) is 29.8 Å². The average Bonchev–Trinajstić information content (AvgIpc) is 2.59. The van der Waals surface area contributed by atoms with E-state index in [1.165, 1.54) is 30.0 Å². The maximum Gasteiger partial charge on any atom is 0.255 e. The van der Waals surface area contributed by atoms with Crippen molar-refractivity contribution in [1.29, 1.82) is 0 Å². The van der Waals surface area contributed by atoms with Crippen molar-refractivity contribution in [2.75, 3.05) is 24.6 Å². The molecule has 0 aliphatic heterocycles. The van der Waals surface area contributed by atoms with Gasteiger partial charge in [0.15, 0.2) is 0 Å². The number of anilines is 1. The molecule has 0 saturated heterocycles. The van der Waals surface area contributed by atoms with Crippen molar-refractivity contribution in [3.63, 3.8) is 0 Å². The molecule has 5 nitrogen and oxygen atoms in total. The number of ether oxygens (including phenoxy) is 1. The monoisotopic (exact) mass is 378 g/mol. The molecule has 0 bridgehead atoms. The molecule has 0 aromatic heterocycles. The quantitative estimate of drug-likeness (QED) is 0.799. The molecule has 0 spiro atoms. The molecule has 0 radical (unpaired) electrons. The second-order valence-electron chi connectivity index (χ2n) is 5.42. The summed E-state index contributed by atoms with van der Waals surface area (Å²) in [6.45, 7) is 4.08. The van der Waals surface area contributed by atoms with E-state index in [0.717, 1.165) is 0 Å². The van der Waals surface area contributed by atoms with Gasteiger partial charge in [0.2, 0.25) is 5.91 Å². The van der Waals surface area contributed by atoms with Gasteiger partial charge in [0, 0.05) is 20.0 Å². The molecule has 2 aromatic rings. The standard InChI is InChI=1S/C19H20ClFN2O3/c1-3-26-17-10-5-4-9-16(17)23(13(2)24)12-11-22-19(25)18-14(20)7-6-8-15(18)21/h4-10H,3,11-12H2,1-2H3,(H,22,25). The van der Waals surface area contributed by atoms with Crippen LogP contribution in [0.5, 0.6) is 5.75 Å². The van der Waals surface area contributed by atoms with E-state index in [4.69, 9.17) is 16.3 Å². The lowest BCUT2D eigenvalue weighted by atomic mass is 10.2. The van der Waals surface area contributed by atoms with Gasteiger partial charge in [-0.2, -0.15) is 0 Å². The fraction of sp³-hybridized carbons (Fsp3) is 0.263. The van der Waals surface area contributed by atoms with Crippen LogP contribution < -0.4 is 15.0 Å². The molecule has 26 heavy (non-hydrogen) atoms. The largest absolute Gasteiger partial charge is 0.492 e.